The van der Waals surface area contributed by atoms with Gasteiger partial charge >= 0.3 is 5.97 Å². The standard InChI is InChI=1S/C12H10ClN3O3/c1-7-10(11(17)16(2)14-7)15-19-12(18)8-3-5-9(13)6-4-8/h3-6H,1-2H3/b15-10-. The molecule has 1 heterocycles. The Morgan fingerprint density at radius 1 is 1.37 bits per heavy atom. The van der Waals surface area contributed by atoms with E-state index in [0.717, 1.165) is 5.01 Å². The first kappa shape index (κ1) is 13.2. The minimum atomic E-state index is -0.667. The summed E-state index contributed by atoms with van der Waals surface area (Å²) in [5.74, 6) is -1.08. The van der Waals surface area contributed by atoms with Crippen molar-refractivity contribution in [2.24, 2.45) is 10.3 Å². The number of hydrogen-bond acceptors (Lipinski definition) is 5. The second-order valence-corrected chi connectivity index (χ2v) is 4.28. The largest absolute Gasteiger partial charge is 0.365 e. The van der Waals surface area contributed by atoms with Crippen LogP contribution in [0.4, 0.5) is 0 Å². The van der Waals surface area contributed by atoms with Crippen LogP contribution in [0.5, 0.6) is 0 Å². The maximum atomic E-state index is 11.7. The fourth-order valence-electron chi connectivity index (χ4n) is 1.46. The topological polar surface area (TPSA) is 71.3 Å². The average Bonchev–Trinajstić information content (AvgIpc) is 2.62. The number of nitrogens with zero attached hydrogens (tertiary/aromatic N) is 3. The highest BCUT2D eigenvalue weighted by Crippen LogP contribution is 2.11. The lowest BCUT2D eigenvalue weighted by Gasteiger charge is -2.01. The second kappa shape index (κ2) is 5.19. The molecule has 7 heteroatoms. The van der Waals surface area contributed by atoms with E-state index in [4.69, 9.17) is 16.4 Å². The highest BCUT2D eigenvalue weighted by molar-refractivity contribution is 6.68. The van der Waals surface area contributed by atoms with Gasteiger partial charge in [-0.05, 0) is 31.2 Å². The molecule has 1 aliphatic heterocycles. The van der Waals surface area contributed by atoms with Gasteiger partial charge in [0.25, 0.3) is 5.91 Å². The first-order chi connectivity index (χ1) is 8.99. The molecule has 1 amide bonds. The van der Waals surface area contributed by atoms with Crippen molar-refractivity contribution < 1.29 is 14.4 Å². The summed E-state index contributed by atoms with van der Waals surface area (Å²) in [6.45, 7) is 1.61. The molecular weight excluding hydrogens is 270 g/mol. The first-order valence-electron chi connectivity index (χ1n) is 5.37. The molecule has 0 fully saturated rings. The molecule has 1 aliphatic rings. The Balaban J connectivity index is 2.11. The van der Waals surface area contributed by atoms with Gasteiger partial charge in [-0.15, -0.1) is 0 Å². The lowest BCUT2D eigenvalue weighted by atomic mass is 10.2. The monoisotopic (exact) mass is 279 g/mol. The van der Waals surface area contributed by atoms with Crippen molar-refractivity contribution in [1.29, 1.82) is 0 Å². The second-order valence-electron chi connectivity index (χ2n) is 3.84. The summed E-state index contributed by atoms with van der Waals surface area (Å²) in [6.07, 6.45) is 0. The van der Waals surface area contributed by atoms with Gasteiger partial charge in [-0.25, -0.2) is 9.80 Å². The molecule has 6 nitrogen and oxygen atoms in total. The van der Waals surface area contributed by atoms with Crippen molar-refractivity contribution in [2.45, 2.75) is 6.92 Å². The molecule has 19 heavy (non-hydrogen) atoms. The van der Waals surface area contributed by atoms with Crippen molar-refractivity contribution in [3.8, 4) is 0 Å². The third kappa shape index (κ3) is 2.79. The highest BCUT2D eigenvalue weighted by atomic mass is 35.5. The maximum Gasteiger partial charge on any atom is 0.365 e. The fraction of sp³-hybridized carbons (Fsp3) is 0.167. The predicted octanol–water partition coefficient (Wildman–Crippen LogP) is 1.70. The highest BCUT2D eigenvalue weighted by Gasteiger charge is 2.27. The van der Waals surface area contributed by atoms with Crippen molar-refractivity contribution in [3.05, 3.63) is 34.9 Å². The molecule has 98 valence electrons. The Morgan fingerprint density at radius 2 is 2.00 bits per heavy atom. The van der Waals surface area contributed by atoms with E-state index in [1.807, 2.05) is 0 Å². The van der Waals surface area contributed by atoms with Crippen LogP contribution < -0.4 is 0 Å². The third-order valence-electron chi connectivity index (χ3n) is 2.44. The van der Waals surface area contributed by atoms with Crippen LogP contribution in [-0.2, 0) is 9.63 Å². The Morgan fingerprint density at radius 3 is 2.53 bits per heavy atom. The molecule has 0 saturated heterocycles. The molecule has 0 spiro atoms. The quantitative estimate of drug-likeness (QED) is 0.611. The van der Waals surface area contributed by atoms with Crippen molar-refractivity contribution in [3.63, 3.8) is 0 Å². The normalized spacial score (nSPS) is 16.8. The van der Waals surface area contributed by atoms with Crippen LogP contribution in [0, 0.1) is 0 Å². The Bertz CT molecular complexity index is 593. The number of hydrazone groups is 1. The summed E-state index contributed by atoms with van der Waals surface area (Å²) >= 11 is 5.71. The Hall–Kier alpha value is -2.21. The number of carbonyl (C=O) groups is 2. The molecule has 0 unspecified atom stereocenters. The van der Waals surface area contributed by atoms with Gasteiger partial charge in [0.1, 0.15) is 0 Å². The smallest absolute Gasteiger partial charge is 0.312 e. The molecule has 0 N–H and O–H groups in total. The predicted molar refractivity (Wildman–Crippen MR) is 70.2 cm³/mol. The van der Waals surface area contributed by atoms with E-state index >= 15 is 0 Å². The van der Waals surface area contributed by atoms with Gasteiger partial charge < -0.3 is 4.84 Å². The lowest BCUT2D eigenvalue weighted by molar-refractivity contribution is -0.122. The number of rotatable bonds is 2. The van der Waals surface area contributed by atoms with Crippen LogP contribution in [-0.4, -0.2) is 35.4 Å². The van der Waals surface area contributed by atoms with Gasteiger partial charge in [-0.3, -0.25) is 4.79 Å². The molecule has 0 saturated carbocycles. The van der Waals surface area contributed by atoms with Crippen LogP contribution >= 0.6 is 11.6 Å². The van der Waals surface area contributed by atoms with Crippen LogP contribution in [0.15, 0.2) is 34.5 Å². The van der Waals surface area contributed by atoms with Crippen molar-refractivity contribution in [2.75, 3.05) is 7.05 Å². The van der Waals surface area contributed by atoms with E-state index in [0.29, 0.717) is 16.3 Å². The van der Waals surface area contributed by atoms with E-state index in [-0.39, 0.29) is 5.71 Å². The van der Waals surface area contributed by atoms with Crippen LogP contribution in [0.1, 0.15) is 17.3 Å². The summed E-state index contributed by atoms with van der Waals surface area (Å²) in [5.41, 5.74) is 0.711. The molecule has 0 aliphatic carbocycles. The zero-order chi connectivity index (χ0) is 14.0. The van der Waals surface area contributed by atoms with E-state index in [2.05, 4.69) is 10.3 Å². The van der Waals surface area contributed by atoms with E-state index < -0.39 is 11.9 Å². The molecular formula is C12H10ClN3O3. The summed E-state index contributed by atoms with van der Waals surface area (Å²) in [6, 6.07) is 6.14. The number of oxime groups is 1. The SMILES string of the molecule is CC1=NN(C)C(=O)/C1=N\OC(=O)c1ccc(Cl)cc1. The molecule has 0 aromatic heterocycles. The van der Waals surface area contributed by atoms with E-state index in [1.54, 1.807) is 19.1 Å². The van der Waals surface area contributed by atoms with Gasteiger partial charge in [0.05, 0.1) is 11.3 Å². The first-order valence-corrected chi connectivity index (χ1v) is 5.75. The number of hydrogen-bond donors (Lipinski definition) is 0. The zero-order valence-electron chi connectivity index (χ0n) is 10.3. The van der Waals surface area contributed by atoms with Gasteiger partial charge in [-0.2, -0.15) is 5.10 Å². The third-order valence-corrected chi connectivity index (χ3v) is 2.69. The molecule has 0 bridgehead atoms. The fourth-order valence-corrected chi connectivity index (χ4v) is 1.58. The lowest BCUT2D eigenvalue weighted by Crippen LogP contribution is -2.24. The number of benzene rings is 1. The van der Waals surface area contributed by atoms with Crippen molar-refractivity contribution >= 4 is 34.9 Å². The number of amides is 1. The zero-order valence-corrected chi connectivity index (χ0v) is 11.0. The Kier molecular flexibility index (Phi) is 3.62. The molecule has 1 aromatic rings. The van der Waals surface area contributed by atoms with Crippen LogP contribution in [0.2, 0.25) is 5.02 Å². The number of carbonyl (C=O) groups excluding carboxylic acids is 2. The molecule has 2 rings (SSSR count). The van der Waals surface area contributed by atoms with Gasteiger partial charge in [0.15, 0.2) is 5.71 Å². The summed E-state index contributed by atoms with van der Waals surface area (Å²) in [7, 11) is 1.50. The maximum absolute atomic E-state index is 11.7. The molecule has 0 radical (unpaired) electrons. The molecule has 1 aromatic carbocycles. The van der Waals surface area contributed by atoms with Crippen molar-refractivity contribution in [1.82, 2.24) is 5.01 Å². The molecule has 0 atom stereocenters. The summed E-state index contributed by atoms with van der Waals surface area (Å²) < 4.78 is 0. The minimum absolute atomic E-state index is 0.0183. The Labute approximate surface area is 114 Å². The summed E-state index contributed by atoms with van der Waals surface area (Å²) in [5, 5.41) is 9.06. The minimum Gasteiger partial charge on any atom is -0.312 e. The van der Waals surface area contributed by atoms with Gasteiger partial charge in [0, 0.05) is 12.1 Å². The van der Waals surface area contributed by atoms with E-state index in [9.17, 15) is 9.59 Å². The van der Waals surface area contributed by atoms with E-state index in [1.165, 1.54) is 19.2 Å². The number of halogens is 1. The summed E-state index contributed by atoms with van der Waals surface area (Å²) in [4.78, 5) is 28.0. The van der Waals surface area contributed by atoms with Crippen LogP contribution in [0.25, 0.3) is 0 Å². The van der Waals surface area contributed by atoms with Gasteiger partial charge in [0.2, 0.25) is 0 Å². The van der Waals surface area contributed by atoms with Crippen LogP contribution in [0.3, 0.4) is 0 Å². The van der Waals surface area contributed by atoms with Gasteiger partial charge in [-0.1, -0.05) is 16.8 Å². The average molecular weight is 280 g/mol.